The summed E-state index contributed by atoms with van der Waals surface area (Å²) in [6.07, 6.45) is -21.1. The summed E-state index contributed by atoms with van der Waals surface area (Å²) < 4.78 is 572. The zero-order valence-corrected chi connectivity index (χ0v) is 39.2. The van der Waals surface area contributed by atoms with Gasteiger partial charge in [0.05, 0.1) is 0 Å². The van der Waals surface area contributed by atoms with E-state index in [1.54, 1.807) is 0 Å². The minimum atomic E-state index is -9.93. The van der Waals surface area contributed by atoms with Crippen molar-refractivity contribution < 1.29 is 198 Å². The number of halogens is 44. The average Bonchev–Trinajstić information content (AvgIpc) is 3.21. The molecule has 0 aromatic rings. The first-order valence-electron chi connectivity index (χ1n) is 17.6. The fourth-order valence-electron chi connectivity index (χ4n) is 4.74. The number of hydrogen-bond donors (Lipinski definition) is 0. The van der Waals surface area contributed by atoms with Gasteiger partial charge in [-0.2, -0.15) is 184 Å². The molecule has 0 aliphatic carbocycles. The molecule has 0 spiro atoms. The molecule has 0 aliphatic heterocycles. The molecular formula is C28H20Cl2F42O3Si2. The highest BCUT2D eigenvalue weighted by Crippen LogP contribution is 2.69. The van der Waals surface area contributed by atoms with Crippen LogP contribution < -0.4 is 0 Å². The third-order valence-corrected chi connectivity index (χ3v) is 14.7. The molecule has 0 radical (unpaired) electrons. The first-order chi connectivity index (χ1) is 32.6. The normalized spacial score (nSPS) is 16.7. The van der Waals surface area contributed by atoms with Crippen molar-refractivity contribution in [2.45, 2.75) is 150 Å². The molecule has 0 aromatic heterocycles. The van der Waals surface area contributed by atoms with Crippen LogP contribution in [0.2, 0.25) is 18.6 Å². The summed E-state index contributed by atoms with van der Waals surface area (Å²) in [5, 5.41) is 0. The van der Waals surface area contributed by atoms with E-state index < -0.39 is 159 Å². The summed E-state index contributed by atoms with van der Waals surface area (Å²) in [4.78, 5) is 0. The van der Waals surface area contributed by atoms with Gasteiger partial charge in [0.15, 0.2) is 0 Å². The summed E-state index contributed by atoms with van der Waals surface area (Å²) in [6, 6.07) is -3.21. The summed E-state index contributed by atoms with van der Waals surface area (Å²) in [5.74, 6) is -157. The molecule has 0 heterocycles. The molecule has 466 valence electrons. The van der Waals surface area contributed by atoms with Gasteiger partial charge in [0.25, 0.3) is 0 Å². The van der Waals surface area contributed by atoms with Gasteiger partial charge >= 0.3 is 128 Å². The maximum atomic E-state index is 13.9. The highest BCUT2D eigenvalue weighted by Gasteiger charge is 3.01. The van der Waals surface area contributed by atoms with Crippen LogP contribution >= 0.6 is 22.2 Å². The predicted molar refractivity (Wildman–Crippen MR) is 170 cm³/mol. The Kier molecular flexibility index (Phi) is 21.0. The second-order valence-electron chi connectivity index (χ2n) is 15.0. The molecule has 0 amide bonds. The van der Waals surface area contributed by atoms with Crippen LogP contribution in [0, 0.1) is 0 Å². The largest absolute Gasteiger partial charge is 0.500 e. The Balaban J connectivity index is 0. The van der Waals surface area contributed by atoms with Crippen molar-refractivity contribution in [3.8, 4) is 0 Å². The van der Waals surface area contributed by atoms with Gasteiger partial charge in [-0.15, -0.1) is 22.2 Å². The Morgan fingerprint density at radius 1 is 0.247 bits per heavy atom. The van der Waals surface area contributed by atoms with Crippen molar-refractivity contribution >= 4 is 37.7 Å². The molecule has 77 heavy (non-hydrogen) atoms. The van der Waals surface area contributed by atoms with E-state index in [-0.39, 0.29) is 0 Å². The Morgan fingerprint density at radius 3 is 0.532 bits per heavy atom. The van der Waals surface area contributed by atoms with Gasteiger partial charge in [-0.3, -0.25) is 0 Å². The van der Waals surface area contributed by atoms with Crippen LogP contribution in [-0.2, 0) is 13.3 Å². The van der Waals surface area contributed by atoms with E-state index in [2.05, 4.69) is 13.3 Å². The smallest absolute Gasteiger partial charge is 0.377 e. The lowest BCUT2D eigenvalue weighted by Crippen LogP contribution is -2.79. The molecule has 0 atom stereocenters. The first-order valence-corrected chi connectivity index (χ1v) is 24.2. The van der Waals surface area contributed by atoms with Crippen LogP contribution in [-0.4, -0.2) is 156 Å². The van der Waals surface area contributed by atoms with Crippen LogP contribution in [0.3, 0.4) is 0 Å². The Morgan fingerprint density at radius 2 is 0.390 bits per heavy atom. The second-order valence-corrected chi connectivity index (χ2v) is 26.3. The molecule has 0 unspecified atom stereocenters. The van der Waals surface area contributed by atoms with E-state index in [1.165, 1.54) is 0 Å². The van der Waals surface area contributed by atoms with Crippen molar-refractivity contribution in [1.29, 1.82) is 0 Å². The molecule has 0 N–H and O–H groups in total. The maximum absolute atomic E-state index is 13.9. The molecule has 0 saturated carbocycles. The fraction of sp³-hybridized carbons (Fsp3) is 1.00. The Bertz CT molecular complexity index is 1980. The fourth-order valence-corrected chi connectivity index (χ4v) is 7.79. The lowest BCUT2D eigenvalue weighted by Gasteiger charge is -2.46. The van der Waals surface area contributed by atoms with Crippen LogP contribution in [0.15, 0.2) is 0 Å². The number of rotatable bonds is 25. The quantitative estimate of drug-likeness (QED) is 0.0518. The molecule has 0 aromatic carbocycles. The lowest BCUT2D eigenvalue weighted by molar-refractivity contribution is -0.487. The highest BCUT2D eigenvalue weighted by atomic mass is 35.7. The average molecular weight is 1330 g/mol. The molecule has 0 fully saturated rings. The van der Waals surface area contributed by atoms with Gasteiger partial charge in [0.1, 0.15) is 0 Å². The number of hydrogen-bond acceptors (Lipinski definition) is 3. The number of alkyl halides is 42. The van der Waals surface area contributed by atoms with Gasteiger partial charge in [-0.1, -0.05) is 0 Å². The van der Waals surface area contributed by atoms with E-state index >= 15 is 0 Å². The SMILES string of the molecule is CO[Si](CCC(F)(F)C(F)(F)C(F)(F)C(F)(F)C(F)(F)C(F)(F)F)(OC)OC.C[Si](Cl)(Cl)CCC(F)(F)C(F)(F)C(F)(F)C(F)(F)C(F)(F)C(F)(F)C(F)(F)C(F)(F)C(F)(F)C(F)(F)C(F)(F)C(F)(F)C(F)(F)C(F)(F)F. The molecule has 0 bridgehead atoms. The molecule has 3 nitrogen and oxygen atoms in total. The molecular weight excluding hydrogens is 1310 g/mol. The van der Waals surface area contributed by atoms with E-state index in [4.69, 9.17) is 22.2 Å². The van der Waals surface area contributed by atoms with Crippen LogP contribution in [0.5, 0.6) is 0 Å². The van der Waals surface area contributed by atoms with Crippen LogP contribution in [0.25, 0.3) is 0 Å². The monoisotopic (exact) mass is 1330 g/mol. The molecule has 0 aliphatic rings. The third-order valence-electron chi connectivity index (χ3n) is 9.71. The Hall–Kier alpha value is -2.05. The second kappa shape index (κ2) is 21.0. The van der Waals surface area contributed by atoms with E-state index in [9.17, 15) is 184 Å². The maximum Gasteiger partial charge on any atom is 0.500 e. The van der Waals surface area contributed by atoms with Crippen LogP contribution in [0.1, 0.15) is 12.8 Å². The van der Waals surface area contributed by atoms with Gasteiger partial charge in [-0.05, 0) is 12.6 Å². The zero-order chi connectivity index (χ0) is 63.9. The summed E-state index contributed by atoms with van der Waals surface area (Å²) in [7, 11) is -1.81. The predicted octanol–water partition coefficient (Wildman–Crippen LogP) is 16.7. The lowest BCUT2D eigenvalue weighted by atomic mass is 9.83. The van der Waals surface area contributed by atoms with E-state index in [0.717, 1.165) is 21.3 Å². The summed E-state index contributed by atoms with van der Waals surface area (Å²) in [5.41, 5.74) is 0. The third kappa shape index (κ3) is 11.4. The minimum absolute atomic E-state index is 0.492. The van der Waals surface area contributed by atoms with E-state index in [0.29, 0.717) is 6.55 Å². The molecule has 0 rings (SSSR count). The van der Waals surface area contributed by atoms with Crippen molar-refractivity contribution in [1.82, 2.24) is 0 Å². The van der Waals surface area contributed by atoms with Crippen LogP contribution in [0.4, 0.5) is 184 Å². The van der Waals surface area contributed by atoms with Crippen molar-refractivity contribution in [2.24, 2.45) is 0 Å². The zero-order valence-electron chi connectivity index (χ0n) is 35.7. The van der Waals surface area contributed by atoms with Gasteiger partial charge in [0.2, 0.25) is 6.69 Å². The van der Waals surface area contributed by atoms with Gasteiger partial charge in [-0.25, -0.2) is 0 Å². The summed E-state index contributed by atoms with van der Waals surface area (Å²) >= 11 is 10.2. The molecule has 0 saturated heterocycles. The van der Waals surface area contributed by atoms with Gasteiger partial charge in [0, 0.05) is 40.2 Å². The van der Waals surface area contributed by atoms with Crippen molar-refractivity contribution in [3.05, 3.63) is 0 Å². The Labute approximate surface area is 407 Å². The summed E-state index contributed by atoms with van der Waals surface area (Å²) in [6.45, 7) is -3.73. The highest BCUT2D eigenvalue weighted by molar-refractivity contribution is 7.44. The van der Waals surface area contributed by atoms with E-state index in [1.807, 2.05) is 0 Å². The topological polar surface area (TPSA) is 27.7 Å². The van der Waals surface area contributed by atoms with Gasteiger partial charge < -0.3 is 13.3 Å². The standard InChI is InChI=1S/C17H7Cl2F29Si.C11H13F13O3Si/c1-49(18,19)3-2-4(20,21)5(22,23)6(24,25)7(26,27)8(28,29)9(30,31)10(32,33)11(34,35)12(36,37)13(38,39)14(40,41)15(42,43)16(44,45)17(46,47)48;1-25-28(26-2,27-3)5-4-6(12,13)7(14,15)8(16,17)9(18,19)10(20,21)11(22,23)24/h2-3H2,1H3;4-5H2,1-3H3. The first kappa shape index (κ1) is 77.0. The minimum Gasteiger partial charge on any atom is -0.377 e. The molecule has 49 heteroatoms. The van der Waals surface area contributed by atoms with Crippen molar-refractivity contribution in [3.63, 3.8) is 0 Å². The van der Waals surface area contributed by atoms with Crippen molar-refractivity contribution in [2.75, 3.05) is 21.3 Å².